The van der Waals surface area contributed by atoms with E-state index in [1.807, 2.05) is 73.8 Å². The van der Waals surface area contributed by atoms with Crippen LogP contribution in [-0.4, -0.2) is 27.6 Å². The van der Waals surface area contributed by atoms with Crippen LogP contribution in [-0.2, 0) is 4.79 Å². The van der Waals surface area contributed by atoms with Gasteiger partial charge in [0, 0.05) is 34.8 Å². The van der Waals surface area contributed by atoms with Gasteiger partial charge in [0.15, 0.2) is 5.13 Å². The van der Waals surface area contributed by atoms with E-state index < -0.39 is 11.9 Å². The van der Waals surface area contributed by atoms with E-state index in [-0.39, 0.29) is 0 Å². The van der Waals surface area contributed by atoms with Crippen LogP contribution < -0.4 is 10.1 Å². The third kappa shape index (κ3) is 5.11. The van der Waals surface area contributed by atoms with Crippen LogP contribution in [0.3, 0.4) is 0 Å². The van der Waals surface area contributed by atoms with Gasteiger partial charge in [-0.2, -0.15) is 0 Å². The predicted octanol–water partition coefficient (Wildman–Crippen LogP) is 7.66. The largest absolute Gasteiger partial charge is 0.481 e. The number of rotatable bonds is 10. The summed E-state index contributed by atoms with van der Waals surface area (Å²) in [4.78, 5) is 20.9. The third-order valence-electron chi connectivity index (χ3n) is 6.06. The second kappa shape index (κ2) is 10.7. The van der Waals surface area contributed by atoms with E-state index in [2.05, 4.69) is 28.5 Å². The molecule has 5 aromatic rings. The van der Waals surface area contributed by atoms with Gasteiger partial charge in [-0.1, -0.05) is 55.0 Å². The molecule has 5 rings (SSSR count). The molecule has 7 heteroatoms. The molecule has 1 unspecified atom stereocenters. The van der Waals surface area contributed by atoms with Crippen molar-refractivity contribution in [3.05, 3.63) is 85.1 Å². The number of hydrogen-bond acceptors (Lipinski definition) is 5. The van der Waals surface area contributed by atoms with Crippen LogP contribution in [0.2, 0.25) is 0 Å². The van der Waals surface area contributed by atoms with Crippen molar-refractivity contribution in [1.82, 2.24) is 9.97 Å². The number of aliphatic carboxylic acids is 1. The summed E-state index contributed by atoms with van der Waals surface area (Å²) >= 11 is 1.54. The maximum atomic E-state index is 11.6. The zero-order valence-corrected chi connectivity index (χ0v) is 20.7. The molecule has 0 aliphatic heterocycles. The van der Waals surface area contributed by atoms with Gasteiger partial charge in [0.25, 0.3) is 0 Å². The van der Waals surface area contributed by atoms with Crippen molar-refractivity contribution >= 4 is 33.3 Å². The number of nitrogens with zero attached hydrogens (tertiary/aromatic N) is 1. The fourth-order valence-corrected chi connectivity index (χ4v) is 5.27. The summed E-state index contributed by atoms with van der Waals surface area (Å²) in [7, 11) is 0. The number of H-pyrrole nitrogens is 1. The standard InChI is InChI=1S/C29H27N3O3S/c1-2-7-20(28(33)34)18-31-29-32-26(27(36-29)24-10-6-11-25-23(24)16-17-30-25)19-12-14-22(15-13-19)35-21-8-4-3-5-9-21/h3-6,8-17,20,30H,2,7,18H2,1H3,(H,31,32)(H,33,34). The highest BCUT2D eigenvalue weighted by molar-refractivity contribution is 7.19. The van der Waals surface area contributed by atoms with Gasteiger partial charge >= 0.3 is 5.97 Å². The molecule has 36 heavy (non-hydrogen) atoms. The predicted molar refractivity (Wildman–Crippen MR) is 146 cm³/mol. The first-order valence-electron chi connectivity index (χ1n) is 12.0. The molecule has 3 N–H and O–H groups in total. The van der Waals surface area contributed by atoms with E-state index in [1.54, 1.807) is 11.3 Å². The number of aromatic amines is 1. The fraction of sp³-hybridized carbons (Fsp3) is 0.172. The summed E-state index contributed by atoms with van der Waals surface area (Å²) in [5.41, 5.74) is 3.96. The second-order valence-corrected chi connectivity index (χ2v) is 9.58. The summed E-state index contributed by atoms with van der Waals surface area (Å²) in [6.45, 7) is 2.34. The van der Waals surface area contributed by atoms with Gasteiger partial charge in [0.2, 0.25) is 0 Å². The molecule has 1 atom stereocenters. The number of carboxylic acid groups (broad SMARTS) is 1. The summed E-state index contributed by atoms with van der Waals surface area (Å²) in [5, 5.41) is 14.7. The molecule has 0 saturated heterocycles. The minimum atomic E-state index is -0.785. The smallest absolute Gasteiger partial charge is 0.308 e. The van der Waals surface area contributed by atoms with Crippen molar-refractivity contribution in [2.45, 2.75) is 19.8 Å². The van der Waals surface area contributed by atoms with Gasteiger partial charge < -0.3 is 20.1 Å². The van der Waals surface area contributed by atoms with E-state index in [0.717, 1.165) is 50.5 Å². The Kier molecular flexibility index (Phi) is 7.00. The number of fused-ring (bicyclic) bond motifs is 1. The SMILES string of the molecule is CCCC(CNc1nc(-c2ccc(Oc3ccccc3)cc2)c(-c2cccc3[nH]ccc23)s1)C(=O)O. The Morgan fingerprint density at radius 1 is 1.03 bits per heavy atom. The number of aromatic nitrogens is 2. The highest BCUT2D eigenvalue weighted by atomic mass is 32.1. The first kappa shape index (κ1) is 23.6. The van der Waals surface area contributed by atoms with Crippen LogP contribution in [0.1, 0.15) is 19.8 Å². The van der Waals surface area contributed by atoms with Gasteiger partial charge in [-0.25, -0.2) is 4.98 Å². The average molecular weight is 498 g/mol. The molecule has 0 aliphatic carbocycles. The van der Waals surface area contributed by atoms with Crippen molar-refractivity contribution in [2.75, 3.05) is 11.9 Å². The molecule has 0 bridgehead atoms. The molecule has 0 radical (unpaired) electrons. The quantitative estimate of drug-likeness (QED) is 0.184. The van der Waals surface area contributed by atoms with E-state index in [9.17, 15) is 9.90 Å². The lowest BCUT2D eigenvalue weighted by Crippen LogP contribution is -2.22. The van der Waals surface area contributed by atoms with Gasteiger partial charge in [-0.05, 0) is 55.0 Å². The third-order valence-corrected chi connectivity index (χ3v) is 7.11. The molecular weight excluding hydrogens is 470 g/mol. The van der Waals surface area contributed by atoms with Crippen LogP contribution in [0.15, 0.2) is 85.1 Å². The Morgan fingerprint density at radius 3 is 2.56 bits per heavy atom. The molecule has 182 valence electrons. The Morgan fingerprint density at radius 2 is 1.81 bits per heavy atom. The number of para-hydroxylation sites is 1. The maximum Gasteiger partial charge on any atom is 0.308 e. The molecule has 6 nitrogen and oxygen atoms in total. The summed E-state index contributed by atoms with van der Waals surface area (Å²) in [6, 6.07) is 25.8. The summed E-state index contributed by atoms with van der Waals surface area (Å²) < 4.78 is 5.96. The van der Waals surface area contributed by atoms with Gasteiger partial charge in [-0.3, -0.25) is 4.79 Å². The van der Waals surface area contributed by atoms with Crippen LogP contribution in [0.5, 0.6) is 11.5 Å². The van der Waals surface area contributed by atoms with Crippen LogP contribution in [0.4, 0.5) is 5.13 Å². The highest BCUT2D eigenvalue weighted by Crippen LogP contribution is 2.42. The molecule has 2 heterocycles. The Bertz CT molecular complexity index is 1460. The second-order valence-electron chi connectivity index (χ2n) is 8.59. The van der Waals surface area contributed by atoms with Crippen LogP contribution >= 0.6 is 11.3 Å². The number of thiazole rings is 1. The molecule has 0 amide bonds. The Balaban J connectivity index is 1.49. The monoisotopic (exact) mass is 497 g/mol. The van der Waals surface area contributed by atoms with Crippen molar-refractivity contribution in [2.24, 2.45) is 5.92 Å². The zero-order chi connectivity index (χ0) is 24.9. The summed E-state index contributed by atoms with van der Waals surface area (Å²) in [5.74, 6) is 0.294. The Labute approximate surface area is 213 Å². The Hall–Kier alpha value is -4.10. The normalized spacial score (nSPS) is 11.9. The van der Waals surface area contributed by atoms with E-state index in [1.165, 1.54) is 0 Å². The molecular formula is C29H27N3O3S. The number of anilines is 1. The van der Waals surface area contributed by atoms with Gasteiger partial charge in [0.05, 0.1) is 16.5 Å². The number of carboxylic acids is 1. The van der Waals surface area contributed by atoms with E-state index in [4.69, 9.17) is 9.72 Å². The number of benzene rings is 3. The van der Waals surface area contributed by atoms with Gasteiger partial charge in [-0.15, -0.1) is 0 Å². The molecule has 0 spiro atoms. The number of nitrogens with one attached hydrogen (secondary N) is 2. The van der Waals surface area contributed by atoms with E-state index >= 15 is 0 Å². The van der Waals surface area contributed by atoms with Gasteiger partial charge in [0.1, 0.15) is 11.5 Å². The molecule has 0 aliphatic rings. The lowest BCUT2D eigenvalue weighted by Gasteiger charge is -2.11. The minimum absolute atomic E-state index is 0.341. The lowest BCUT2D eigenvalue weighted by molar-refractivity contribution is -0.141. The topological polar surface area (TPSA) is 87.2 Å². The molecule has 0 fully saturated rings. The lowest BCUT2D eigenvalue weighted by atomic mass is 10.0. The number of hydrogen-bond donors (Lipinski definition) is 3. The van der Waals surface area contributed by atoms with E-state index in [0.29, 0.717) is 18.1 Å². The summed E-state index contributed by atoms with van der Waals surface area (Å²) in [6.07, 6.45) is 3.38. The van der Waals surface area contributed by atoms with Crippen molar-refractivity contribution < 1.29 is 14.6 Å². The van der Waals surface area contributed by atoms with Crippen molar-refractivity contribution in [3.8, 4) is 33.2 Å². The number of carbonyl (C=O) groups is 1. The first-order chi connectivity index (χ1) is 17.6. The average Bonchev–Trinajstić information content (AvgIpc) is 3.55. The van der Waals surface area contributed by atoms with Crippen molar-refractivity contribution in [1.29, 1.82) is 0 Å². The molecule has 0 saturated carbocycles. The van der Waals surface area contributed by atoms with Crippen molar-refractivity contribution in [3.63, 3.8) is 0 Å². The van der Waals surface area contributed by atoms with Crippen LogP contribution in [0, 0.1) is 5.92 Å². The highest BCUT2D eigenvalue weighted by Gasteiger charge is 2.20. The molecule has 3 aromatic carbocycles. The van der Waals surface area contributed by atoms with Crippen LogP contribution in [0.25, 0.3) is 32.6 Å². The molecule has 2 aromatic heterocycles. The first-order valence-corrected chi connectivity index (χ1v) is 12.8. The maximum absolute atomic E-state index is 11.6. The number of ether oxygens (including phenoxy) is 1. The zero-order valence-electron chi connectivity index (χ0n) is 19.9. The minimum Gasteiger partial charge on any atom is -0.481 e. The fourth-order valence-electron chi connectivity index (χ4n) is 4.23.